The number of rotatable bonds is 7. The van der Waals surface area contributed by atoms with E-state index in [4.69, 9.17) is 4.98 Å². The summed E-state index contributed by atoms with van der Waals surface area (Å²) < 4.78 is 2.40. The quantitative estimate of drug-likeness (QED) is 0.826. The zero-order valence-electron chi connectivity index (χ0n) is 12.3. The smallest absolute Gasteiger partial charge is 0.109 e. The fourth-order valence-corrected chi connectivity index (χ4v) is 2.56. The lowest BCUT2D eigenvalue weighted by molar-refractivity contribution is 0.485. The zero-order valence-corrected chi connectivity index (χ0v) is 12.3. The molecule has 1 heterocycles. The van der Waals surface area contributed by atoms with E-state index < -0.39 is 0 Å². The highest BCUT2D eigenvalue weighted by molar-refractivity contribution is 5.75. The molecule has 1 unspecified atom stereocenters. The third kappa shape index (κ3) is 3.35. The number of benzene rings is 1. The highest BCUT2D eigenvalue weighted by atomic mass is 15.1. The van der Waals surface area contributed by atoms with Crippen LogP contribution in [0.2, 0.25) is 0 Å². The van der Waals surface area contributed by atoms with Gasteiger partial charge in [-0.1, -0.05) is 26.0 Å². The van der Waals surface area contributed by atoms with Crippen molar-refractivity contribution in [3.63, 3.8) is 0 Å². The highest BCUT2D eigenvalue weighted by Crippen LogP contribution is 2.18. The van der Waals surface area contributed by atoms with Crippen molar-refractivity contribution in [1.82, 2.24) is 14.9 Å². The number of fused-ring (bicyclic) bond motifs is 1. The molecule has 19 heavy (non-hydrogen) atoms. The Morgan fingerprint density at radius 1 is 1.26 bits per heavy atom. The van der Waals surface area contributed by atoms with E-state index in [1.807, 2.05) is 0 Å². The van der Waals surface area contributed by atoms with Crippen LogP contribution in [0.4, 0.5) is 0 Å². The van der Waals surface area contributed by atoms with Crippen molar-refractivity contribution in [3.05, 3.63) is 30.1 Å². The summed E-state index contributed by atoms with van der Waals surface area (Å²) in [6.45, 7) is 8.70. The van der Waals surface area contributed by atoms with Crippen molar-refractivity contribution >= 4 is 11.0 Å². The van der Waals surface area contributed by atoms with Gasteiger partial charge in [-0.15, -0.1) is 0 Å². The summed E-state index contributed by atoms with van der Waals surface area (Å²) in [6.07, 6.45) is 3.35. The maximum Gasteiger partial charge on any atom is 0.109 e. The number of imidazole rings is 1. The van der Waals surface area contributed by atoms with E-state index in [1.54, 1.807) is 0 Å². The summed E-state index contributed by atoms with van der Waals surface area (Å²) in [7, 11) is 0. The first-order valence-electron chi connectivity index (χ1n) is 7.43. The summed E-state index contributed by atoms with van der Waals surface area (Å²) in [5.74, 6) is 1.23. The van der Waals surface area contributed by atoms with Gasteiger partial charge in [-0.25, -0.2) is 4.98 Å². The highest BCUT2D eigenvalue weighted by Gasteiger charge is 2.10. The molecule has 1 aromatic carbocycles. The van der Waals surface area contributed by atoms with Crippen molar-refractivity contribution in [1.29, 1.82) is 0 Å². The molecule has 2 aromatic rings. The first-order valence-corrected chi connectivity index (χ1v) is 7.43. The molecular formula is C16H25N3. The normalized spacial score (nSPS) is 13.0. The van der Waals surface area contributed by atoms with Gasteiger partial charge in [0.1, 0.15) is 5.82 Å². The Morgan fingerprint density at radius 2 is 2.05 bits per heavy atom. The fraction of sp³-hybridized carbons (Fsp3) is 0.562. The number of nitrogens with zero attached hydrogens (tertiary/aromatic N) is 2. The first-order chi connectivity index (χ1) is 9.26. The van der Waals surface area contributed by atoms with Gasteiger partial charge in [-0.3, -0.25) is 0 Å². The van der Waals surface area contributed by atoms with Crippen molar-refractivity contribution < 1.29 is 0 Å². The minimum atomic E-state index is 0.556. The van der Waals surface area contributed by atoms with Crippen LogP contribution in [0.1, 0.15) is 39.4 Å². The van der Waals surface area contributed by atoms with E-state index in [9.17, 15) is 0 Å². The van der Waals surface area contributed by atoms with Gasteiger partial charge in [-0.2, -0.15) is 0 Å². The van der Waals surface area contributed by atoms with E-state index in [-0.39, 0.29) is 0 Å². The SMILES string of the molecule is CCCc1nc2ccccc2n1CCC(C)NCC. The Kier molecular flexibility index (Phi) is 4.97. The van der Waals surface area contributed by atoms with Crippen LogP contribution in [0.5, 0.6) is 0 Å². The first kappa shape index (κ1) is 14.1. The summed E-state index contributed by atoms with van der Waals surface area (Å²) in [5, 5.41) is 3.47. The lowest BCUT2D eigenvalue weighted by atomic mass is 10.2. The standard InChI is InChI=1S/C16H25N3/c1-4-8-16-18-14-9-6-7-10-15(14)19(16)12-11-13(3)17-5-2/h6-7,9-10,13,17H,4-5,8,11-12H2,1-3H3. The summed E-state index contributed by atoms with van der Waals surface area (Å²) in [4.78, 5) is 4.77. The predicted octanol–water partition coefficient (Wildman–Crippen LogP) is 3.38. The predicted molar refractivity (Wildman–Crippen MR) is 81.5 cm³/mol. The second kappa shape index (κ2) is 6.71. The molecular weight excluding hydrogens is 234 g/mol. The molecule has 0 amide bonds. The molecule has 0 radical (unpaired) electrons. The van der Waals surface area contributed by atoms with Crippen LogP contribution in [0.3, 0.4) is 0 Å². The topological polar surface area (TPSA) is 29.9 Å². The number of hydrogen-bond acceptors (Lipinski definition) is 2. The van der Waals surface area contributed by atoms with Gasteiger partial charge in [0.25, 0.3) is 0 Å². The lowest BCUT2D eigenvalue weighted by Crippen LogP contribution is -2.27. The van der Waals surface area contributed by atoms with Crippen LogP contribution in [-0.4, -0.2) is 22.1 Å². The van der Waals surface area contributed by atoms with Crippen LogP contribution >= 0.6 is 0 Å². The molecule has 0 aliphatic carbocycles. The number of para-hydroxylation sites is 2. The Labute approximate surface area is 116 Å². The van der Waals surface area contributed by atoms with Gasteiger partial charge in [-0.05, 0) is 38.4 Å². The molecule has 1 aromatic heterocycles. The van der Waals surface area contributed by atoms with E-state index in [0.29, 0.717) is 6.04 Å². The molecule has 0 saturated heterocycles. The van der Waals surface area contributed by atoms with Gasteiger partial charge >= 0.3 is 0 Å². The maximum absolute atomic E-state index is 4.77. The van der Waals surface area contributed by atoms with E-state index >= 15 is 0 Å². The van der Waals surface area contributed by atoms with Crippen LogP contribution in [0.15, 0.2) is 24.3 Å². The number of nitrogens with one attached hydrogen (secondary N) is 1. The maximum atomic E-state index is 4.77. The van der Waals surface area contributed by atoms with Crippen LogP contribution < -0.4 is 5.32 Å². The minimum Gasteiger partial charge on any atom is -0.328 e. The van der Waals surface area contributed by atoms with Gasteiger partial charge < -0.3 is 9.88 Å². The molecule has 0 aliphatic rings. The molecule has 0 aliphatic heterocycles. The van der Waals surface area contributed by atoms with Crippen molar-refractivity contribution in [2.75, 3.05) is 6.54 Å². The number of aryl methyl sites for hydroxylation is 2. The van der Waals surface area contributed by atoms with Gasteiger partial charge in [0, 0.05) is 19.0 Å². The molecule has 1 atom stereocenters. The van der Waals surface area contributed by atoms with E-state index in [2.05, 4.69) is 54.9 Å². The Hall–Kier alpha value is -1.35. The second-order valence-electron chi connectivity index (χ2n) is 5.17. The molecule has 0 saturated carbocycles. The van der Waals surface area contributed by atoms with Gasteiger partial charge in [0.2, 0.25) is 0 Å². The van der Waals surface area contributed by atoms with Gasteiger partial charge in [0.05, 0.1) is 11.0 Å². The summed E-state index contributed by atoms with van der Waals surface area (Å²) in [6, 6.07) is 9.01. The van der Waals surface area contributed by atoms with Crippen molar-refractivity contribution in [2.45, 2.75) is 52.6 Å². The largest absolute Gasteiger partial charge is 0.328 e. The summed E-state index contributed by atoms with van der Waals surface area (Å²) in [5.41, 5.74) is 2.40. The molecule has 1 N–H and O–H groups in total. The molecule has 3 nitrogen and oxygen atoms in total. The average Bonchev–Trinajstić information content (AvgIpc) is 2.75. The second-order valence-corrected chi connectivity index (χ2v) is 5.17. The Bertz CT molecular complexity index is 516. The van der Waals surface area contributed by atoms with Crippen LogP contribution in [-0.2, 0) is 13.0 Å². The van der Waals surface area contributed by atoms with Crippen LogP contribution in [0, 0.1) is 0 Å². The van der Waals surface area contributed by atoms with Crippen LogP contribution in [0.25, 0.3) is 11.0 Å². The molecule has 3 heteroatoms. The molecule has 0 bridgehead atoms. The fourth-order valence-electron chi connectivity index (χ4n) is 2.56. The monoisotopic (exact) mass is 259 g/mol. The van der Waals surface area contributed by atoms with Crippen molar-refractivity contribution in [3.8, 4) is 0 Å². The number of aromatic nitrogens is 2. The molecule has 0 fully saturated rings. The average molecular weight is 259 g/mol. The molecule has 104 valence electrons. The minimum absolute atomic E-state index is 0.556. The third-order valence-electron chi connectivity index (χ3n) is 3.55. The third-order valence-corrected chi connectivity index (χ3v) is 3.55. The van der Waals surface area contributed by atoms with E-state index in [1.165, 1.54) is 11.3 Å². The molecule has 2 rings (SSSR count). The van der Waals surface area contributed by atoms with E-state index in [0.717, 1.165) is 37.9 Å². The van der Waals surface area contributed by atoms with Crippen molar-refractivity contribution in [2.24, 2.45) is 0 Å². The Balaban J connectivity index is 2.21. The lowest BCUT2D eigenvalue weighted by Gasteiger charge is -2.14. The molecule has 0 spiro atoms. The zero-order chi connectivity index (χ0) is 13.7. The van der Waals surface area contributed by atoms with Gasteiger partial charge in [0.15, 0.2) is 0 Å². The summed E-state index contributed by atoms with van der Waals surface area (Å²) >= 11 is 0. The number of hydrogen-bond donors (Lipinski definition) is 1. The Morgan fingerprint density at radius 3 is 2.79 bits per heavy atom.